The first kappa shape index (κ1) is 23.7. The van der Waals surface area contributed by atoms with E-state index < -0.39 is 17.9 Å². The van der Waals surface area contributed by atoms with Gasteiger partial charge in [-0.05, 0) is 32.4 Å². The zero-order valence-electron chi connectivity index (χ0n) is 19.0. The van der Waals surface area contributed by atoms with Gasteiger partial charge in [0.1, 0.15) is 6.61 Å². The Balaban J connectivity index is 2.13. The van der Waals surface area contributed by atoms with Crippen molar-refractivity contribution in [1.29, 1.82) is 0 Å². The molecule has 0 bridgehead atoms. The molecule has 1 aliphatic heterocycles. The molecule has 0 saturated heterocycles. The van der Waals surface area contributed by atoms with E-state index in [0.717, 1.165) is 0 Å². The second kappa shape index (κ2) is 10.6. The highest BCUT2D eigenvalue weighted by atomic mass is 16.5. The van der Waals surface area contributed by atoms with Crippen molar-refractivity contribution in [2.75, 3.05) is 13.2 Å². The van der Waals surface area contributed by atoms with Crippen molar-refractivity contribution in [2.24, 2.45) is 0 Å². The molecule has 3 rings (SSSR count). The van der Waals surface area contributed by atoms with Gasteiger partial charge in [0.2, 0.25) is 0 Å². The van der Waals surface area contributed by atoms with Crippen LogP contribution in [0.3, 0.4) is 0 Å². The summed E-state index contributed by atoms with van der Waals surface area (Å²) in [4.78, 5) is 39.0. The maximum atomic E-state index is 13.1. The van der Waals surface area contributed by atoms with E-state index in [9.17, 15) is 14.4 Å². The van der Waals surface area contributed by atoms with Crippen LogP contribution < -0.4 is 5.32 Å². The van der Waals surface area contributed by atoms with Crippen molar-refractivity contribution < 1.29 is 23.9 Å². The van der Waals surface area contributed by atoms with Gasteiger partial charge in [-0.1, -0.05) is 61.2 Å². The number of allylic oxidation sites excluding steroid dienone is 2. The van der Waals surface area contributed by atoms with Crippen LogP contribution in [0.15, 0.2) is 89.8 Å². The molecule has 170 valence electrons. The minimum absolute atomic E-state index is 0.0340. The highest BCUT2D eigenvalue weighted by molar-refractivity contribution is 6.09. The van der Waals surface area contributed by atoms with Crippen molar-refractivity contribution >= 4 is 17.7 Å². The quantitative estimate of drug-likeness (QED) is 0.367. The van der Waals surface area contributed by atoms with E-state index in [-0.39, 0.29) is 24.6 Å². The van der Waals surface area contributed by atoms with Crippen LogP contribution >= 0.6 is 0 Å². The monoisotopic (exact) mass is 445 g/mol. The Morgan fingerprint density at radius 2 is 1.52 bits per heavy atom. The SMILES string of the molecule is C=CCOC(=O)C1=C(C)NC(C)=C(C(=O)OCC)C1c1cccc(C(=O)c2ccccc2)c1. The number of esters is 2. The van der Waals surface area contributed by atoms with Crippen LogP contribution in [-0.4, -0.2) is 30.9 Å². The summed E-state index contributed by atoms with van der Waals surface area (Å²) in [7, 11) is 0. The van der Waals surface area contributed by atoms with Crippen LogP contribution in [0.5, 0.6) is 0 Å². The maximum absolute atomic E-state index is 13.1. The molecule has 0 fully saturated rings. The van der Waals surface area contributed by atoms with Gasteiger partial charge in [0.05, 0.1) is 23.7 Å². The van der Waals surface area contributed by atoms with Gasteiger partial charge in [0.15, 0.2) is 5.78 Å². The molecule has 1 atom stereocenters. The van der Waals surface area contributed by atoms with E-state index in [1.165, 1.54) is 6.08 Å². The summed E-state index contributed by atoms with van der Waals surface area (Å²) in [6, 6.07) is 15.9. The number of ketones is 1. The molecular formula is C27H27NO5. The van der Waals surface area contributed by atoms with Gasteiger partial charge in [-0.3, -0.25) is 4.79 Å². The first-order chi connectivity index (χ1) is 15.9. The van der Waals surface area contributed by atoms with E-state index in [0.29, 0.717) is 33.7 Å². The molecule has 0 aliphatic carbocycles. The standard InChI is InChI=1S/C27H27NO5/c1-5-15-33-27(31)23-18(4)28-17(3)22(26(30)32-6-2)24(23)20-13-10-14-21(16-20)25(29)19-11-8-7-9-12-19/h5,7-14,16,24,28H,1,6,15H2,2-4H3. The number of hydrogen-bond acceptors (Lipinski definition) is 6. The Morgan fingerprint density at radius 1 is 0.909 bits per heavy atom. The highest BCUT2D eigenvalue weighted by Gasteiger charge is 2.38. The normalized spacial score (nSPS) is 15.5. The Kier molecular flexibility index (Phi) is 7.61. The fourth-order valence-electron chi connectivity index (χ4n) is 3.91. The molecule has 0 radical (unpaired) electrons. The molecule has 0 saturated carbocycles. The minimum atomic E-state index is -0.758. The number of nitrogens with one attached hydrogen (secondary N) is 1. The van der Waals surface area contributed by atoms with Crippen LogP contribution in [0.2, 0.25) is 0 Å². The Morgan fingerprint density at radius 3 is 2.12 bits per heavy atom. The van der Waals surface area contributed by atoms with Gasteiger partial charge in [-0.15, -0.1) is 0 Å². The fraction of sp³-hybridized carbons (Fsp3) is 0.222. The zero-order valence-corrected chi connectivity index (χ0v) is 19.0. The molecule has 2 aromatic rings. The van der Waals surface area contributed by atoms with Crippen LogP contribution in [0.25, 0.3) is 0 Å². The average molecular weight is 446 g/mol. The van der Waals surface area contributed by atoms with Gasteiger partial charge in [-0.25, -0.2) is 9.59 Å². The second-order valence-corrected chi connectivity index (χ2v) is 7.56. The number of carbonyl (C=O) groups is 3. The lowest BCUT2D eigenvalue weighted by Gasteiger charge is -2.30. The number of carbonyl (C=O) groups excluding carboxylic acids is 3. The molecule has 1 N–H and O–H groups in total. The Labute approximate surface area is 193 Å². The molecule has 0 aromatic heterocycles. The summed E-state index contributed by atoms with van der Waals surface area (Å²) in [6.45, 7) is 9.04. The van der Waals surface area contributed by atoms with Gasteiger partial charge in [0.25, 0.3) is 0 Å². The first-order valence-corrected chi connectivity index (χ1v) is 10.7. The van der Waals surface area contributed by atoms with Crippen molar-refractivity contribution in [3.63, 3.8) is 0 Å². The smallest absolute Gasteiger partial charge is 0.337 e. The molecule has 0 amide bonds. The van der Waals surface area contributed by atoms with Crippen LogP contribution in [-0.2, 0) is 19.1 Å². The van der Waals surface area contributed by atoms with E-state index in [1.54, 1.807) is 69.3 Å². The van der Waals surface area contributed by atoms with E-state index >= 15 is 0 Å². The van der Waals surface area contributed by atoms with Gasteiger partial charge in [-0.2, -0.15) is 0 Å². The molecule has 2 aromatic carbocycles. The van der Waals surface area contributed by atoms with E-state index in [1.807, 2.05) is 6.07 Å². The van der Waals surface area contributed by atoms with Crippen molar-refractivity contribution in [3.8, 4) is 0 Å². The lowest BCUT2D eigenvalue weighted by atomic mass is 9.79. The Bertz CT molecular complexity index is 1140. The third-order valence-electron chi connectivity index (χ3n) is 5.33. The lowest BCUT2D eigenvalue weighted by Crippen LogP contribution is -2.32. The number of dihydropyridines is 1. The first-order valence-electron chi connectivity index (χ1n) is 10.7. The summed E-state index contributed by atoms with van der Waals surface area (Å²) in [5, 5.41) is 3.10. The molecular weight excluding hydrogens is 418 g/mol. The number of hydrogen-bond donors (Lipinski definition) is 1. The number of rotatable bonds is 8. The Hall–Kier alpha value is -3.93. The largest absolute Gasteiger partial charge is 0.463 e. The van der Waals surface area contributed by atoms with Crippen molar-refractivity contribution in [3.05, 3.63) is 106 Å². The van der Waals surface area contributed by atoms with Crippen molar-refractivity contribution in [2.45, 2.75) is 26.7 Å². The molecule has 1 heterocycles. The molecule has 6 nitrogen and oxygen atoms in total. The van der Waals surface area contributed by atoms with Crippen LogP contribution in [0, 0.1) is 0 Å². The summed E-state index contributed by atoms with van der Waals surface area (Å²) in [5.74, 6) is -2.01. The number of benzene rings is 2. The third-order valence-corrected chi connectivity index (χ3v) is 5.33. The third kappa shape index (κ3) is 5.12. The summed E-state index contributed by atoms with van der Waals surface area (Å²) in [6.07, 6.45) is 1.48. The summed E-state index contributed by atoms with van der Waals surface area (Å²) < 4.78 is 10.6. The molecule has 6 heteroatoms. The van der Waals surface area contributed by atoms with Gasteiger partial charge < -0.3 is 14.8 Å². The molecule has 0 spiro atoms. The zero-order chi connectivity index (χ0) is 24.0. The lowest BCUT2D eigenvalue weighted by molar-refractivity contribution is -0.139. The summed E-state index contributed by atoms with van der Waals surface area (Å²) in [5.41, 5.74) is 3.36. The van der Waals surface area contributed by atoms with E-state index in [2.05, 4.69) is 11.9 Å². The van der Waals surface area contributed by atoms with Crippen molar-refractivity contribution in [1.82, 2.24) is 5.32 Å². The van der Waals surface area contributed by atoms with E-state index in [4.69, 9.17) is 9.47 Å². The minimum Gasteiger partial charge on any atom is -0.463 e. The maximum Gasteiger partial charge on any atom is 0.337 e. The van der Waals surface area contributed by atoms with Gasteiger partial charge >= 0.3 is 11.9 Å². The second-order valence-electron chi connectivity index (χ2n) is 7.56. The summed E-state index contributed by atoms with van der Waals surface area (Å²) >= 11 is 0. The predicted molar refractivity (Wildman–Crippen MR) is 125 cm³/mol. The topological polar surface area (TPSA) is 81.7 Å². The molecule has 1 aliphatic rings. The number of ether oxygens (including phenoxy) is 2. The van der Waals surface area contributed by atoms with Crippen LogP contribution in [0.4, 0.5) is 0 Å². The molecule has 33 heavy (non-hydrogen) atoms. The van der Waals surface area contributed by atoms with Crippen LogP contribution in [0.1, 0.15) is 48.2 Å². The predicted octanol–water partition coefficient (Wildman–Crippen LogP) is 4.44. The van der Waals surface area contributed by atoms with Gasteiger partial charge in [0, 0.05) is 22.5 Å². The highest BCUT2D eigenvalue weighted by Crippen LogP contribution is 2.39. The molecule has 1 unspecified atom stereocenters. The fourth-order valence-corrected chi connectivity index (χ4v) is 3.91. The average Bonchev–Trinajstić information content (AvgIpc) is 2.82.